The molecule has 1 unspecified atom stereocenters. The minimum atomic E-state index is -0.819. The lowest BCUT2D eigenvalue weighted by Gasteiger charge is -2.33. The van der Waals surface area contributed by atoms with Crippen LogP contribution in [0.3, 0.4) is 0 Å². The van der Waals surface area contributed by atoms with Crippen LogP contribution >= 0.6 is 0 Å². The highest BCUT2D eigenvalue weighted by Gasteiger charge is 2.50. The van der Waals surface area contributed by atoms with E-state index in [9.17, 15) is 5.11 Å². The Bertz CT molecular complexity index is 217. The van der Waals surface area contributed by atoms with Crippen molar-refractivity contribution in [2.24, 2.45) is 0 Å². The third-order valence-electron chi connectivity index (χ3n) is 2.59. The normalized spacial score (nSPS) is 46.3. The van der Waals surface area contributed by atoms with E-state index in [1.807, 2.05) is 0 Å². The molecular weight excluding hydrogens is 188 g/mol. The standard InChI is InChI=1S/C9H16O5/c1-9(2)13-6-4-12-5(3-10)7(11)8(6)14-9/h5-8,10-11H,3-4H2,1-2H3/t5?,6-,7-,8-/m0/s1. The van der Waals surface area contributed by atoms with E-state index in [1.54, 1.807) is 13.8 Å². The molecule has 14 heavy (non-hydrogen) atoms. The average Bonchev–Trinajstić information content (AvgIpc) is 2.42. The van der Waals surface area contributed by atoms with Crippen molar-refractivity contribution >= 4 is 0 Å². The van der Waals surface area contributed by atoms with E-state index in [0.29, 0.717) is 6.61 Å². The van der Waals surface area contributed by atoms with Crippen molar-refractivity contribution in [3.05, 3.63) is 0 Å². The number of fused-ring (bicyclic) bond motifs is 1. The number of aliphatic hydroxyl groups excluding tert-OH is 2. The van der Waals surface area contributed by atoms with Gasteiger partial charge >= 0.3 is 0 Å². The Hall–Kier alpha value is -0.200. The minimum absolute atomic E-state index is 0.200. The Balaban J connectivity index is 2.08. The fraction of sp³-hybridized carbons (Fsp3) is 1.00. The summed E-state index contributed by atoms with van der Waals surface area (Å²) in [4.78, 5) is 0. The van der Waals surface area contributed by atoms with Gasteiger partial charge in [-0.25, -0.2) is 0 Å². The first-order chi connectivity index (χ1) is 6.53. The maximum atomic E-state index is 9.78. The van der Waals surface area contributed by atoms with Crippen LogP contribution in [0.1, 0.15) is 13.8 Å². The lowest BCUT2D eigenvalue weighted by Crippen LogP contribution is -2.52. The molecule has 2 fully saturated rings. The van der Waals surface area contributed by atoms with Gasteiger partial charge in [0.15, 0.2) is 5.79 Å². The fourth-order valence-electron chi connectivity index (χ4n) is 1.97. The predicted octanol–water partition coefficient (Wildman–Crippen LogP) is -0.742. The van der Waals surface area contributed by atoms with Gasteiger partial charge in [0, 0.05) is 0 Å². The van der Waals surface area contributed by atoms with E-state index in [1.165, 1.54) is 0 Å². The highest BCUT2D eigenvalue weighted by molar-refractivity contribution is 4.93. The van der Waals surface area contributed by atoms with Crippen LogP contribution in [0.25, 0.3) is 0 Å². The van der Waals surface area contributed by atoms with Gasteiger partial charge in [-0.2, -0.15) is 0 Å². The number of hydrogen-bond acceptors (Lipinski definition) is 5. The van der Waals surface area contributed by atoms with Crippen LogP contribution in [0.15, 0.2) is 0 Å². The van der Waals surface area contributed by atoms with Gasteiger partial charge in [-0.3, -0.25) is 0 Å². The molecule has 0 radical (unpaired) electrons. The van der Waals surface area contributed by atoms with E-state index >= 15 is 0 Å². The molecule has 4 atom stereocenters. The topological polar surface area (TPSA) is 68.2 Å². The first-order valence-electron chi connectivity index (χ1n) is 4.79. The van der Waals surface area contributed by atoms with Gasteiger partial charge in [0.2, 0.25) is 0 Å². The summed E-state index contributed by atoms with van der Waals surface area (Å²) in [5.74, 6) is -0.677. The molecule has 5 heteroatoms. The van der Waals surface area contributed by atoms with Crippen molar-refractivity contribution in [1.82, 2.24) is 0 Å². The van der Waals surface area contributed by atoms with Gasteiger partial charge in [0.25, 0.3) is 0 Å². The molecule has 2 saturated heterocycles. The van der Waals surface area contributed by atoms with E-state index in [-0.39, 0.29) is 12.7 Å². The molecule has 0 aromatic rings. The Kier molecular flexibility index (Phi) is 2.53. The van der Waals surface area contributed by atoms with Crippen LogP contribution in [0.2, 0.25) is 0 Å². The number of rotatable bonds is 1. The van der Waals surface area contributed by atoms with Crippen molar-refractivity contribution in [3.8, 4) is 0 Å². The van der Waals surface area contributed by atoms with Crippen LogP contribution in [-0.2, 0) is 14.2 Å². The quantitative estimate of drug-likeness (QED) is 0.588. The second-order valence-electron chi connectivity index (χ2n) is 4.18. The molecule has 2 aliphatic rings. The SMILES string of the molecule is CC1(C)O[C@H]2[C@H](COC(CO)[C@@H]2O)O1. The number of aliphatic hydroxyl groups is 2. The average molecular weight is 204 g/mol. The maximum absolute atomic E-state index is 9.78. The molecule has 0 bridgehead atoms. The lowest BCUT2D eigenvalue weighted by atomic mass is 10.0. The minimum Gasteiger partial charge on any atom is -0.394 e. The van der Waals surface area contributed by atoms with Crippen molar-refractivity contribution in [1.29, 1.82) is 0 Å². The van der Waals surface area contributed by atoms with E-state index in [0.717, 1.165) is 0 Å². The monoisotopic (exact) mass is 204 g/mol. The van der Waals surface area contributed by atoms with Gasteiger partial charge in [-0.05, 0) is 13.8 Å². The second kappa shape index (κ2) is 3.43. The molecule has 0 aromatic heterocycles. The smallest absolute Gasteiger partial charge is 0.164 e. The lowest BCUT2D eigenvalue weighted by molar-refractivity contribution is -0.167. The van der Waals surface area contributed by atoms with E-state index in [4.69, 9.17) is 19.3 Å². The van der Waals surface area contributed by atoms with E-state index in [2.05, 4.69) is 0 Å². The molecule has 2 N–H and O–H groups in total. The van der Waals surface area contributed by atoms with Crippen LogP contribution in [0.5, 0.6) is 0 Å². The first kappa shape index (κ1) is 10.3. The van der Waals surface area contributed by atoms with Gasteiger partial charge in [0.05, 0.1) is 13.2 Å². The van der Waals surface area contributed by atoms with Crippen LogP contribution in [-0.4, -0.2) is 53.6 Å². The summed E-state index contributed by atoms with van der Waals surface area (Å²) in [5, 5.41) is 18.7. The Morgan fingerprint density at radius 1 is 1.36 bits per heavy atom. The molecule has 0 spiro atoms. The second-order valence-corrected chi connectivity index (χ2v) is 4.18. The first-order valence-corrected chi connectivity index (χ1v) is 4.79. The summed E-state index contributed by atoms with van der Waals surface area (Å²) in [7, 11) is 0. The molecule has 2 aliphatic heterocycles. The molecule has 5 nitrogen and oxygen atoms in total. The summed E-state index contributed by atoms with van der Waals surface area (Å²) >= 11 is 0. The summed E-state index contributed by atoms with van der Waals surface area (Å²) in [6, 6.07) is 0. The Morgan fingerprint density at radius 3 is 2.71 bits per heavy atom. The van der Waals surface area contributed by atoms with Crippen LogP contribution in [0, 0.1) is 0 Å². The fourth-order valence-corrected chi connectivity index (χ4v) is 1.97. The molecule has 0 amide bonds. The summed E-state index contributed by atoms with van der Waals surface area (Å²) in [5.41, 5.74) is 0. The molecule has 2 heterocycles. The summed E-state index contributed by atoms with van der Waals surface area (Å²) in [6.45, 7) is 3.75. The molecule has 0 saturated carbocycles. The summed E-state index contributed by atoms with van der Waals surface area (Å²) < 4.78 is 16.3. The molecule has 0 aromatic carbocycles. The molecular formula is C9H16O5. The molecule has 0 aliphatic carbocycles. The maximum Gasteiger partial charge on any atom is 0.164 e. The molecule has 82 valence electrons. The zero-order valence-electron chi connectivity index (χ0n) is 8.34. The number of hydrogen-bond donors (Lipinski definition) is 2. The van der Waals surface area contributed by atoms with Crippen molar-refractivity contribution in [2.45, 2.75) is 44.1 Å². The van der Waals surface area contributed by atoms with Crippen molar-refractivity contribution in [2.75, 3.05) is 13.2 Å². The van der Waals surface area contributed by atoms with Gasteiger partial charge in [-0.15, -0.1) is 0 Å². The number of ether oxygens (including phenoxy) is 3. The molecule has 2 rings (SSSR count). The van der Waals surface area contributed by atoms with Gasteiger partial charge in [-0.1, -0.05) is 0 Å². The zero-order chi connectivity index (χ0) is 10.3. The van der Waals surface area contributed by atoms with Crippen molar-refractivity contribution in [3.63, 3.8) is 0 Å². The highest BCUT2D eigenvalue weighted by Crippen LogP contribution is 2.34. The van der Waals surface area contributed by atoms with E-state index < -0.39 is 24.1 Å². The van der Waals surface area contributed by atoms with Gasteiger partial charge < -0.3 is 24.4 Å². The third-order valence-corrected chi connectivity index (χ3v) is 2.59. The predicted molar refractivity (Wildman–Crippen MR) is 46.7 cm³/mol. The third kappa shape index (κ3) is 1.66. The highest BCUT2D eigenvalue weighted by atomic mass is 16.8. The van der Waals surface area contributed by atoms with Crippen LogP contribution < -0.4 is 0 Å². The zero-order valence-corrected chi connectivity index (χ0v) is 8.34. The largest absolute Gasteiger partial charge is 0.394 e. The van der Waals surface area contributed by atoms with Gasteiger partial charge in [0.1, 0.15) is 24.4 Å². The van der Waals surface area contributed by atoms with Crippen molar-refractivity contribution < 1.29 is 24.4 Å². The van der Waals surface area contributed by atoms with Crippen LogP contribution in [0.4, 0.5) is 0 Å². The Labute approximate surface area is 82.6 Å². The summed E-state index contributed by atoms with van der Waals surface area (Å²) in [6.07, 6.45) is -2.01. The Morgan fingerprint density at radius 2 is 2.07 bits per heavy atom.